The number of alkyl halides is 3. The van der Waals surface area contributed by atoms with E-state index in [4.69, 9.17) is 14.2 Å². The maximum atomic E-state index is 13.5. The third kappa shape index (κ3) is 6.79. The van der Waals surface area contributed by atoms with E-state index in [1.165, 1.54) is 50.6 Å². The Balaban J connectivity index is 1.42. The molecule has 11 heteroatoms. The molecule has 2 aliphatic rings. The number of esters is 1. The Morgan fingerprint density at radius 1 is 0.947 bits per heavy atom. The number of halogens is 3. The molecule has 0 amide bonds. The lowest BCUT2D eigenvalue weighted by molar-refractivity contribution is -0.147. The quantitative estimate of drug-likeness (QED) is 0.404. The lowest BCUT2D eigenvalue weighted by Crippen LogP contribution is -2.52. The number of ether oxygens (including phenoxy) is 3. The van der Waals surface area contributed by atoms with Crippen molar-refractivity contribution in [2.45, 2.75) is 68.2 Å². The zero-order valence-electron chi connectivity index (χ0n) is 21.2. The fourth-order valence-electron chi connectivity index (χ4n) is 4.98. The van der Waals surface area contributed by atoms with Crippen LogP contribution in [0.2, 0.25) is 0 Å². The van der Waals surface area contributed by atoms with Gasteiger partial charge < -0.3 is 14.2 Å². The van der Waals surface area contributed by atoms with Crippen molar-refractivity contribution in [2.24, 2.45) is 5.92 Å². The first-order chi connectivity index (χ1) is 18.1. The lowest BCUT2D eigenvalue weighted by atomic mass is 9.90. The number of sulfonamides is 1. The molecule has 1 saturated carbocycles. The molecule has 0 aromatic heterocycles. The van der Waals surface area contributed by atoms with Crippen LogP contribution in [0.5, 0.6) is 11.5 Å². The van der Waals surface area contributed by atoms with Crippen molar-refractivity contribution in [3.05, 3.63) is 54.1 Å². The van der Waals surface area contributed by atoms with Crippen LogP contribution in [-0.4, -0.2) is 51.1 Å². The first-order valence-electron chi connectivity index (χ1n) is 12.7. The third-order valence-electron chi connectivity index (χ3n) is 7.10. The predicted octanol–water partition coefficient (Wildman–Crippen LogP) is 5.44. The lowest BCUT2D eigenvalue weighted by Gasteiger charge is -2.36. The molecule has 38 heavy (non-hydrogen) atoms. The molecule has 1 aliphatic carbocycles. The van der Waals surface area contributed by atoms with Crippen molar-refractivity contribution in [3.8, 4) is 11.5 Å². The first kappa shape index (κ1) is 28.2. The number of benzene rings is 2. The Morgan fingerprint density at radius 3 is 2.18 bits per heavy atom. The highest BCUT2D eigenvalue weighted by Gasteiger charge is 2.42. The van der Waals surface area contributed by atoms with Crippen LogP contribution in [0.25, 0.3) is 0 Å². The molecule has 1 saturated heterocycles. The van der Waals surface area contributed by atoms with Gasteiger partial charge in [0, 0.05) is 13.0 Å². The monoisotopic (exact) mass is 555 g/mol. The predicted molar refractivity (Wildman–Crippen MR) is 133 cm³/mol. The number of hydrogen-bond donors (Lipinski definition) is 0. The summed E-state index contributed by atoms with van der Waals surface area (Å²) in [6, 6.07) is 9.25. The normalized spacial score (nSPS) is 21.6. The van der Waals surface area contributed by atoms with Crippen molar-refractivity contribution in [3.63, 3.8) is 0 Å². The molecule has 2 aromatic carbocycles. The average molecular weight is 556 g/mol. The van der Waals surface area contributed by atoms with Gasteiger partial charge in [0.1, 0.15) is 23.6 Å². The second-order valence-corrected chi connectivity index (χ2v) is 11.6. The maximum Gasteiger partial charge on any atom is 0.416 e. The Hall–Kier alpha value is -2.79. The molecule has 208 valence electrons. The van der Waals surface area contributed by atoms with E-state index < -0.39 is 39.9 Å². The summed E-state index contributed by atoms with van der Waals surface area (Å²) in [6.07, 6.45) is 1.14. The van der Waals surface area contributed by atoms with Crippen LogP contribution >= 0.6 is 0 Å². The van der Waals surface area contributed by atoms with Crippen LogP contribution in [-0.2, 0) is 25.7 Å². The number of rotatable bonds is 8. The number of methoxy groups -OCH3 is 1. The van der Waals surface area contributed by atoms with Crippen molar-refractivity contribution < 1.29 is 40.6 Å². The van der Waals surface area contributed by atoms with E-state index in [2.05, 4.69) is 0 Å². The molecule has 0 bridgehead atoms. The molecule has 1 heterocycles. The Bertz CT molecular complexity index is 1180. The fraction of sp³-hybridized carbons (Fsp3) is 0.519. The Morgan fingerprint density at radius 2 is 1.58 bits per heavy atom. The molecule has 0 unspecified atom stereocenters. The average Bonchev–Trinajstić information content (AvgIpc) is 2.92. The minimum Gasteiger partial charge on any atom is -0.493 e. The first-order valence-corrected chi connectivity index (χ1v) is 14.2. The summed E-state index contributed by atoms with van der Waals surface area (Å²) in [7, 11) is -2.87. The number of hydrogen-bond acceptors (Lipinski definition) is 6. The van der Waals surface area contributed by atoms with Crippen LogP contribution < -0.4 is 9.47 Å². The molecule has 0 N–H and O–H groups in total. The maximum absolute atomic E-state index is 13.5. The fourth-order valence-corrected chi connectivity index (χ4v) is 6.59. The summed E-state index contributed by atoms with van der Waals surface area (Å²) < 4.78 is 83.0. The van der Waals surface area contributed by atoms with Crippen molar-refractivity contribution in [1.82, 2.24) is 4.31 Å². The second kappa shape index (κ2) is 11.9. The Kier molecular flexibility index (Phi) is 8.87. The highest BCUT2D eigenvalue weighted by molar-refractivity contribution is 7.89. The van der Waals surface area contributed by atoms with E-state index in [1.54, 1.807) is 12.1 Å². The SMILES string of the molecule is COC(=O)[C@H]1C[C@@H](Oc2ccc(C(F)(F)F)cc2)CCN1S(=O)(=O)c1ccc(OCC2CCCCC2)cc1. The second-order valence-electron chi connectivity index (χ2n) is 9.73. The summed E-state index contributed by atoms with van der Waals surface area (Å²) in [5.41, 5.74) is -0.802. The van der Waals surface area contributed by atoms with Gasteiger partial charge in [-0.2, -0.15) is 17.5 Å². The summed E-state index contributed by atoms with van der Waals surface area (Å²) in [5, 5.41) is 0. The number of nitrogens with zero attached hydrogens (tertiary/aromatic N) is 1. The minimum absolute atomic E-state index is 0.00446. The molecular weight excluding hydrogens is 523 g/mol. The summed E-state index contributed by atoms with van der Waals surface area (Å²) in [6.45, 7) is 0.580. The van der Waals surface area contributed by atoms with E-state index in [0.29, 0.717) is 18.3 Å². The van der Waals surface area contributed by atoms with Gasteiger partial charge in [-0.1, -0.05) is 19.3 Å². The van der Waals surface area contributed by atoms with Gasteiger partial charge in [0.2, 0.25) is 10.0 Å². The summed E-state index contributed by atoms with van der Waals surface area (Å²) >= 11 is 0. The van der Waals surface area contributed by atoms with E-state index in [9.17, 15) is 26.4 Å². The zero-order valence-corrected chi connectivity index (χ0v) is 22.0. The third-order valence-corrected chi connectivity index (χ3v) is 9.03. The molecule has 4 rings (SSSR count). The molecule has 2 aromatic rings. The van der Waals surface area contributed by atoms with Gasteiger partial charge in [-0.3, -0.25) is 4.79 Å². The van der Waals surface area contributed by atoms with Crippen molar-refractivity contribution in [2.75, 3.05) is 20.3 Å². The molecule has 0 spiro atoms. The smallest absolute Gasteiger partial charge is 0.416 e. The van der Waals surface area contributed by atoms with Crippen LogP contribution in [0.4, 0.5) is 13.2 Å². The molecule has 7 nitrogen and oxygen atoms in total. The van der Waals surface area contributed by atoms with Crippen LogP contribution in [0.3, 0.4) is 0 Å². The van der Waals surface area contributed by atoms with Gasteiger partial charge in [0.15, 0.2) is 0 Å². The highest BCUT2D eigenvalue weighted by Crippen LogP contribution is 2.33. The molecular formula is C27H32F3NO6S. The van der Waals surface area contributed by atoms with Gasteiger partial charge in [-0.05, 0) is 73.7 Å². The zero-order chi connectivity index (χ0) is 27.3. The van der Waals surface area contributed by atoms with Crippen LogP contribution in [0, 0.1) is 5.92 Å². The largest absolute Gasteiger partial charge is 0.493 e. The molecule has 2 atom stereocenters. The van der Waals surface area contributed by atoms with Gasteiger partial charge in [-0.25, -0.2) is 8.42 Å². The topological polar surface area (TPSA) is 82.1 Å². The van der Waals surface area contributed by atoms with E-state index in [0.717, 1.165) is 29.3 Å². The van der Waals surface area contributed by atoms with Gasteiger partial charge in [0.05, 0.1) is 24.2 Å². The van der Waals surface area contributed by atoms with Crippen LogP contribution in [0.15, 0.2) is 53.4 Å². The van der Waals surface area contributed by atoms with Gasteiger partial charge >= 0.3 is 12.1 Å². The van der Waals surface area contributed by atoms with Gasteiger partial charge in [-0.15, -0.1) is 0 Å². The summed E-state index contributed by atoms with van der Waals surface area (Å²) in [5.74, 6) is 0.565. The number of piperidine rings is 1. The van der Waals surface area contributed by atoms with Crippen molar-refractivity contribution in [1.29, 1.82) is 0 Å². The number of carbonyl (C=O) groups is 1. The Labute approximate surface area is 220 Å². The molecule has 2 fully saturated rings. The van der Waals surface area contributed by atoms with E-state index in [1.807, 2.05) is 0 Å². The number of carbonyl (C=O) groups excluding carboxylic acids is 1. The highest BCUT2D eigenvalue weighted by atomic mass is 32.2. The minimum atomic E-state index is -4.46. The standard InChI is InChI=1S/C27H32F3NO6S/c1-35-26(32)25-17-23(37-22-9-7-20(8-10-22)27(28,29)30)15-16-31(25)38(33,34)24-13-11-21(12-14-24)36-18-19-5-3-2-4-6-19/h7-14,19,23,25H,2-6,15-18H2,1H3/t23-,25+/m0/s1. The van der Waals surface area contributed by atoms with Crippen LogP contribution in [0.1, 0.15) is 50.5 Å². The van der Waals surface area contributed by atoms with E-state index in [-0.39, 0.29) is 30.0 Å². The molecule has 0 radical (unpaired) electrons. The van der Waals surface area contributed by atoms with Gasteiger partial charge in [0.25, 0.3) is 0 Å². The van der Waals surface area contributed by atoms with Crippen molar-refractivity contribution >= 4 is 16.0 Å². The molecule has 1 aliphatic heterocycles. The van der Waals surface area contributed by atoms with E-state index >= 15 is 0 Å². The summed E-state index contributed by atoms with van der Waals surface area (Å²) in [4.78, 5) is 12.6.